The molecule has 2 rings (SSSR count). The van der Waals surface area contributed by atoms with Gasteiger partial charge in [-0.15, -0.1) is 5.10 Å². The second kappa shape index (κ2) is 4.40. The monoisotopic (exact) mass is 221 g/mol. The van der Waals surface area contributed by atoms with Crippen LogP contribution in [0.25, 0.3) is 5.69 Å². The SMILES string of the molecule is CCNCc1nnnn1-c1cn(C)nc1C. The van der Waals surface area contributed by atoms with Gasteiger partial charge in [-0.3, -0.25) is 4.68 Å². The van der Waals surface area contributed by atoms with Gasteiger partial charge in [0, 0.05) is 7.05 Å². The first-order valence-corrected chi connectivity index (χ1v) is 5.21. The molecule has 0 amide bonds. The highest BCUT2D eigenvalue weighted by atomic mass is 15.6. The van der Waals surface area contributed by atoms with Crippen molar-refractivity contribution in [2.24, 2.45) is 7.05 Å². The van der Waals surface area contributed by atoms with Gasteiger partial charge in [-0.25, -0.2) is 0 Å². The van der Waals surface area contributed by atoms with Gasteiger partial charge in [-0.05, 0) is 23.9 Å². The molecule has 0 aliphatic carbocycles. The number of aryl methyl sites for hydroxylation is 2. The molecule has 0 unspecified atom stereocenters. The molecule has 1 N–H and O–H groups in total. The molecule has 0 saturated carbocycles. The minimum absolute atomic E-state index is 0.651. The van der Waals surface area contributed by atoms with E-state index in [0.717, 1.165) is 23.8 Å². The summed E-state index contributed by atoms with van der Waals surface area (Å²) in [7, 11) is 1.88. The molecular formula is C9H15N7. The Morgan fingerprint density at radius 2 is 2.25 bits per heavy atom. The van der Waals surface area contributed by atoms with Gasteiger partial charge in [0.1, 0.15) is 5.69 Å². The van der Waals surface area contributed by atoms with Crippen molar-refractivity contribution in [2.45, 2.75) is 20.4 Å². The van der Waals surface area contributed by atoms with Crippen molar-refractivity contribution in [1.82, 2.24) is 35.3 Å². The zero-order chi connectivity index (χ0) is 11.5. The molecule has 7 nitrogen and oxygen atoms in total. The van der Waals surface area contributed by atoms with Crippen LogP contribution in [0.15, 0.2) is 6.20 Å². The van der Waals surface area contributed by atoms with E-state index in [1.807, 2.05) is 27.1 Å². The molecule has 86 valence electrons. The van der Waals surface area contributed by atoms with Crippen molar-refractivity contribution in [3.8, 4) is 5.69 Å². The maximum absolute atomic E-state index is 4.27. The Morgan fingerprint density at radius 1 is 1.44 bits per heavy atom. The fourth-order valence-corrected chi connectivity index (χ4v) is 1.53. The van der Waals surface area contributed by atoms with Crippen molar-refractivity contribution < 1.29 is 0 Å². The number of aromatic nitrogens is 6. The summed E-state index contributed by atoms with van der Waals surface area (Å²) in [6.45, 7) is 5.52. The predicted molar refractivity (Wildman–Crippen MR) is 58.0 cm³/mol. The van der Waals surface area contributed by atoms with Crippen LogP contribution in [0.5, 0.6) is 0 Å². The quantitative estimate of drug-likeness (QED) is 0.775. The molecule has 0 fully saturated rings. The summed E-state index contributed by atoms with van der Waals surface area (Å²) >= 11 is 0. The van der Waals surface area contributed by atoms with Crippen LogP contribution in [-0.4, -0.2) is 36.5 Å². The standard InChI is InChI=1S/C9H15N7/c1-4-10-5-9-11-13-14-16(9)8-6-15(3)12-7(8)2/h6,10H,4-5H2,1-3H3. The summed E-state index contributed by atoms with van der Waals surface area (Å²) in [5.74, 6) is 0.790. The summed E-state index contributed by atoms with van der Waals surface area (Å²) in [5, 5.41) is 19.1. The van der Waals surface area contributed by atoms with Crippen molar-refractivity contribution in [2.75, 3.05) is 6.54 Å². The minimum atomic E-state index is 0.651. The third-order valence-corrected chi connectivity index (χ3v) is 2.28. The van der Waals surface area contributed by atoms with Crippen molar-refractivity contribution in [3.05, 3.63) is 17.7 Å². The second-order valence-electron chi connectivity index (χ2n) is 3.56. The summed E-state index contributed by atoms with van der Waals surface area (Å²) in [5.41, 5.74) is 1.83. The molecule has 0 spiro atoms. The fourth-order valence-electron chi connectivity index (χ4n) is 1.53. The molecule has 2 aromatic rings. The van der Waals surface area contributed by atoms with Gasteiger partial charge in [0.15, 0.2) is 5.82 Å². The first-order valence-electron chi connectivity index (χ1n) is 5.21. The van der Waals surface area contributed by atoms with Crippen LogP contribution in [0.1, 0.15) is 18.4 Å². The molecule has 0 aromatic carbocycles. The first-order chi connectivity index (χ1) is 7.72. The lowest BCUT2D eigenvalue weighted by Crippen LogP contribution is -2.16. The van der Waals surface area contributed by atoms with E-state index in [2.05, 4.69) is 25.9 Å². The Hall–Kier alpha value is -1.76. The highest BCUT2D eigenvalue weighted by Gasteiger charge is 2.12. The normalized spacial score (nSPS) is 10.9. The lowest BCUT2D eigenvalue weighted by atomic mass is 10.4. The predicted octanol–water partition coefficient (Wildman–Crippen LogP) is -0.186. The number of rotatable bonds is 4. The zero-order valence-electron chi connectivity index (χ0n) is 9.67. The number of nitrogens with one attached hydrogen (secondary N) is 1. The lowest BCUT2D eigenvalue weighted by molar-refractivity contribution is 0.662. The van der Waals surface area contributed by atoms with Crippen molar-refractivity contribution >= 4 is 0 Å². The fraction of sp³-hybridized carbons (Fsp3) is 0.556. The van der Waals surface area contributed by atoms with E-state index >= 15 is 0 Å². The average Bonchev–Trinajstić information content (AvgIpc) is 2.81. The molecule has 7 heteroatoms. The minimum Gasteiger partial charge on any atom is -0.310 e. The smallest absolute Gasteiger partial charge is 0.170 e. The molecule has 2 heterocycles. The van der Waals surface area contributed by atoms with E-state index in [1.165, 1.54) is 0 Å². The Morgan fingerprint density at radius 3 is 2.88 bits per heavy atom. The summed E-state index contributed by atoms with van der Waals surface area (Å²) in [6.07, 6.45) is 1.90. The van der Waals surface area contributed by atoms with Gasteiger partial charge in [0.05, 0.1) is 18.4 Å². The molecule has 0 bridgehead atoms. The van der Waals surface area contributed by atoms with Crippen molar-refractivity contribution in [1.29, 1.82) is 0 Å². The maximum atomic E-state index is 4.27. The van der Waals surface area contributed by atoms with Crippen LogP contribution in [0.4, 0.5) is 0 Å². The number of nitrogens with zero attached hydrogens (tertiary/aromatic N) is 6. The average molecular weight is 221 g/mol. The van der Waals surface area contributed by atoms with Gasteiger partial charge in [-0.2, -0.15) is 9.78 Å². The zero-order valence-corrected chi connectivity index (χ0v) is 9.67. The third-order valence-electron chi connectivity index (χ3n) is 2.28. The van der Waals surface area contributed by atoms with Crippen LogP contribution < -0.4 is 5.32 Å². The topological polar surface area (TPSA) is 73.5 Å². The molecule has 0 aliphatic heterocycles. The Kier molecular flexibility index (Phi) is 2.95. The highest BCUT2D eigenvalue weighted by molar-refractivity contribution is 5.32. The summed E-state index contributed by atoms with van der Waals surface area (Å²) in [6, 6.07) is 0. The molecule has 0 radical (unpaired) electrons. The second-order valence-corrected chi connectivity index (χ2v) is 3.56. The lowest BCUT2D eigenvalue weighted by Gasteiger charge is -2.02. The highest BCUT2D eigenvalue weighted by Crippen LogP contribution is 2.11. The Balaban J connectivity index is 2.33. The van der Waals surface area contributed by atoms with Gasteiger partial charge in [0.2, 0.25) is 0 Å². The van der Waals surface area contributed by atoms with E-state index in [0.29, 0.717) is 6.54 Å². The van der Waals surface area contributed by atoms with Crippen LogP contribution in [0.3, 0.4) is 0 Å². The van der Waals surface area contributed by atoms with Gasteiger partial charge in [-0.1, -0.05) is 6.92 Å². The molecule has 2 aromatic heterocycles. The van der Waals surface area contributed by atoms with Gasteiger partial charge >= 0.3 is 0 Å². The van der Waals surface area contributed by atoms with Crippen LogP contribution in [-0.2, 0) is 13.6 Å². The number of hydrogen-bond acceptors (Lipinski definition) is 5. The van der Waals surface area contributed by atoms with E-state index in [9.17, 15) is 0 Å². The van der Waals surface area contributed by atoms with Crippen LogP contribution >= 0.6 is 0 Å². The summed E-state index contributed by atoms with van der Waals surface area (Å²) in [4.78, 5) is 0. The largest absolute Gasteiger partial charge is 0.310 e. The molecule has 16 heavy (non-hydrogen) atoms. The van der Waals surface area contributed by atoms with E-state index in [1.54, 1.807) is 9.36 Å². The molecule has 0 saturated heterocycles. The maximum Gasteiger partial charge on any atom is 0.170 e. The van der Waals surface area contributed by atoms with E-state index in [4.69, 9.17) is 0 Å². The van der Waals surface area contributed by atoms with Crippen LogP contribution in [0.2, 0.25) is 0 Å². The number of hydrogen-bond donors (Lipinski definition) is 1. The van der Waals surface area contributed by atoms with Gasteiger partial charge in [0.25, 0.3) is 0 Å². The Labute approximate surface area is 93.5 Å². The van der Waals surface area contributed by atoms with E-state index in [-0.39, 0.29) is 0 Å². The Bertz CT molecular complexity index is 470. The van der Waals surface area contributed by atoms with Gasteiger partial charge < -0.3 is 5.32 Å². The number of tetrazole rings is 1. The summed E-state index contributed by atoms with van der Waals surface area (Å²) < 4.78 is 3.47. The molecule has 0 atom stereocenters. The molecule has 0 aliphatic rings. The molecular weight excluding hydrogens is 206 g/mol. The van der Waals surface area contributed by atoms with E-state index < -0.39 is 0 Å². The first kappa shape index (κ1) is 10.7. The van der Waals surface area contributed by atoms with Crippen molar-refractivity contribution in [3.63, 3.8) is 0 Å². The third kappa shape index (κ3) is 1.94. The van der Waals surface area contributed by atoms with Crippen LogP contribution in [0, 0.1) is 6.92 Å².